The Kier molecular flexibility index (Phi) is 5.33. The molecule has 108 valence electrons. The van der Waals surface area contributed by atoms with Crippen LogP contribution in [-0.2, 0) is 11.2 Å². The summed E-state index contributed by atoms with van der Waals surface area (Å²) < 4.78 is 0. The van der Waals surface area contributed by atoms with Crippen molar-refractivity contribution >= 4 is 48.5 Å². The van der Waals surface area contributed by atoms with Crippen LogP contribution in [0.3, 0.4) is 0 Å². The number of rotatable bonds is 6. The molecule has 2 rings (SSSR count). The first-order valence-electron chi connectivity index (χ1n) is 6.61. The van der Waals surface area contributed by atoms with Crippen LogP contribution in [0.1, 0.15) is 12.0 Å². The van der Waals surface area contributed by atoms with Crippen LogP contribution in [-0.4, -0.2) is 42.0 Å². The van der Waals surface area contributed by atoms with Crippen LogP contribution in [0, 0.1) is 0 Å². The largest absolute Gasteiger partial charge is 0.410 e. The molecule has 3 N–H and O–H groups in total. The maximum absolute atomic E-state index is 11.9. The van der Waals surface area contributed by atoms with E-state index in [0.717, 1.165) is 22.9 Å². The molecule has 1 heterocycles. The van der Waals surface area contributed by atoms with E-state index < -0.39 is 0 Å². The lowest BCUT2D eigenvalue weighted by Crippen LogP contribution is -2.33. The minimum absolute atomic E-state index is 0.0671. The molecule has 2 aromatic rings. The fraction of sp³-hybridized carbons (Fsp3) is 0.286. The predicted octanol–water partition coefficient (Wildman–Crippen LogP) is 0.771. The van der Waals surface area contributed by atoms with Crippen LogP contribution < -0.4 is 10.8 Å². The van der Waals surface area contributed by atoms with Crippen LogP contribution in [0.15, 0.2) is 29.6 Å². The number of aromatic nitrogens is 1. The van der Waals surface area contributed by atoms with E-state index in [0.29, 0.717) is 17.8 Å². The number of oxime groups is 1. The molecule has 1 amide bonds. The zero-order valence-electron chi connectivity index (χ0n) is 11.5. The van der Waals surface area contributed by atoms with Crippen LogP contribution in [0.2, 0.25) is 0 Å². The Morgan fingerprint density at radius 1 is 1.48 bits per heavy atom. The molecule has 1 aromatic heterocycles. The second-order valence-electron chi connectivity index (χ2n) is 4.68. The Morgan fingerprint density at radius 2 is 2.29 bits per heavy atom. The minimum Gasteiger partial charge on any atom is -0.410 e. The number of thiol groups is 1. The summed E-state index contributed by atoms with van der Waals surface area (Å²) >= 11 is 4.07. The molecular weight excluding hydrogens is 285 g/mol. The fourth-order valence-electron chi connectivity index (χ4n) is 2.07. The van der Waals surface area contributed by atoms with Gasteiger partial charge in [-0.1, -0.05) is 22.8 Å². The summed E-state index contributed by atoms with van der Waals surface area (Å²) in [6.45, 7) is 0.502. The third-order valence-corrected chi connectivity index (χ3v) is 3.47. The number of amides is 1. The highest BCUT2D eigenvalue weighted by Gasteiger charge is 2.15. The fourth-order valence-corrected chi connectivity index (χ4v) is 2.22. The van der Waals surface area contributed by atoms with E-state index in [1.54, 1.807) is 12.3 Å². The topological polar surface area (TPSA) is 77.5 Å². The summed E-state index contributed by atoms with van der Waals surface area (Å²) in [6, 6.07) is 5.50. The van der Waals surface area contributed by atoms with Crippen LogP contribution in [0.25, 0.3) is 10.9 Å². The average molecular weight is 301 g/mol. The number of hydrogen-bond donors (Lipinski definition) is 4. The number of fused-ring (bicyclic) bond motifs is 1. The van der Waals surface area contributed by atoms with Crippen molar-refractivity contribution in [2.45, 2.75) is 12.8 Å². The molecule has 0 bridgehead atoms. The van der Waals surface area contributed by atoms with Gasteiger partial charge in [-0.05, 0) is 23.8 Å². The number of aromatic amines is 1. The van der Waals surface area contributed by atoms with Gasteiger partial charge in [0.1, 0.15) is 13.6 Å². The number of hydrogen-bond acceptors (Lipinski definition) is 4. The number of H-pyrrole nitrogens is 1. The molecule has 0 aliphatic rings. The zero-order chi connectivity index (χ0) is 15.2. The van der Waals surface area contributed by atoms with Crippen LogP contribution in [0.4, 0.5) is 0 Å². The van der Waals surface area contributed by atoms with Crippen molar-refractivity contribution in [3.63, 3.8) is 0 Å². The molecule has 1 aromatic carbocycles. The predicted molar refractivity (Wildman–Crippen MR) is 88.1 cm³/mol. The maximum Gasteiger partial charge on any atom is 0.269 e. The van der Waals surface area contributed by atoms with E-state index in [2.05, 4.69) is 28.1 Å². The Balaban J connectivity index is 2.14. The highest BCUT2D eigenvalue weighted by atomic mass is 32.1. The lowest BCUT2D eigenvalue weighted by Gasteiger charge is -2.06. The van der Waals surface area contributed by atoms with Crippen molar-refractivity contribution in [3.8, 4) is 0 Å². The highest BCUT2D eigenvalue weighted by Crippen LogP contribution is 2.17. The SMILES string of the molecule is [B]c1ccc2[nH]cc(C/C(=N\O)C(=O)NCCCS)c2c1. The third-order valence-electron chi connectivity index (χ3n) is 3.15. The molecule has 0 saturated heterocycles. The second-order valence-corrected chi connectivity index (χ2v) is 5.12. The summed E-state index contributed by atoms with van der Waals surface area (Å²) in [5, 5.41) is 15.8. The maximum atomic E-state index is 11.9. The van der Waals surface area contributed by atoms with Gasteiger partial charge in [0.25, 0.3) is 5.91 Å². The van der Waals surface area contributed by atoms with Crippen LogP contribution in [0.5, 0.6) is 0 Å². The first-order valence-corrected chi connectivity index (χ1v) is 7.24. The van der Waals surface area contributed by atoms with Crippen molar-refractivity contribution in [1.29, 1.82) is 0 Å². The zero-order valence-corrected chi connectivity index (χ0v) is 12.4. The van der Waals surface area contributed by atoms with Crippen molar-refractivity contribution in [3.05, 3.63) is 30.0 Å². The summed E-state index contributed by atoms with van der Waals surface area (Å²) in [7, 11) is 5.78. The molecular formula is C14H16BN3O2S. The van der Waals surface area contributed by atoms with Crippen molar-refractivity contribution in [1.82, 2.24) is 10.3 Å². The van der Waals surface area contributed by atoms with Gasteiger partial charge < -0.3 is 15.5 Å². The molecule has 21 heavy (non-hydrogen) atoms. The molecule has 0 aliphatic heterocycles. The average Bonchev–Trinajstić information content (AvgIpc) is 2.87. The molecule has 0 aliphatic carbocycles. The highest BCUT2D eigenvalue weighted by molar-refractivity contribution is 7.80. The smallest absolute Gasteiger partial charge is 0.269 e. The van der Waals surface area contributed by atoms with E-state index in [-0.39, 0.29) is 18.0 Å². The van der Waals surface area contributed by atoms with Crippen molar-refractivity contribution < 1.29 is 10.0 Å². The number of nitrogens with one attached hydrogen (secondary N) is 2. The first-order chi connectivity index (χ1) is 10.2. The molecule has 5 nitrogen and oxygen atoms in total. The number of carbonyl (C=O) groups is 1. The number of benzene rings is 1. The Bertz CT molecular complexity index is 669. The molecule has 7 heteroatoms. The molecule has 2 radical (unpaired) electrons. The van der Waals surface area contributed by atoms with Crippen molar-refractivity contribution in [2.75, 3.05) is 12.3 Å². The standard InChI is InChI=1S/C14H16BN3O2S/c15-10-2-3-12-11(7-10)9(8-17-12)6-13(18-20)14(19)16-4-1-5-21/h2-3,7-8,17,20-21H,1,4-6H2,(H,16,19)/b18-13+. The van der Waals surface area contributed by atoms with Crippen LogP contribution >= 0.6 is 12.6 Å². The number of nitrogens with zero attached hydrogens (tertiary/aromatic N) is 1. The van der Waals surface area contributed by atoms with Gasteiger partial charge in [-0.2, -0.15) is 12.6 Å². The van der Waals surface area contributed by atoms with Crippen molar-refractivity contribution in [2.24, 2.45) is 5.16 Å². The Hall–Kier alpha value is -1.89. The monoisotopic (exact) mass is 301 g/mol. The minimum atomic E-state index is -0.377. The van der Waals surface area contributed by atoms with E-state index >= 15 is 0 Å². The summed E-state index contributed by atoms with van der Waals surface area (Å²) in [5.41, 5.74) is 2.49. The molecule has 0 spiro atoms. The Labute approximate surface area is 129 Å². The normalized spacial score (nSPS) is 11.8. The van der Waals surface area contributed by atoms with E-state index in [1.165, 1.54) is 0 Å². The molecule has 0 fully saturated rings. The lowest BCUT2D eigenvalue weighted by atomic mass is 9.93. The molecule has 0 unspecified atom stereocenters. The molecule has 0 saturated carbocycles. The number of carbonyl (C=O) groups excluding carboxylic acids is 1. The van der Waals surface area contributed by atoms with Gasteiger partial charge in [0, 0.05) is 30.1 Å². The van der Waals surface area contributed by atoms with Gasteiger partial charge in [-0.3, -0.25) is 4.79 Å². The summed E-state index contributed by atoms with van der Waals surface area (Å²) in [6.07, 6.45) is 2.78. The van der Waals surface area contributed by atoms with E-state index in [1.807, 2.05) is 12.1 Å². The first kappa shape index (κ1) is 15.5. The van der Waals surface area contributed by atoms with Gasteiger partial charge in [-0.15, -0.1) is 0 Å². The van der Waals surface area contributed by atoms with Gasteiger partial charge in [0.15, 0.2) is 0 Å². The van der Waals surface area contributed by atoms with Gasteiger partial charge in [0.2, 0.25) is 0 Å². The second kappa shape index (κ2) is 7.22. The van der Waals surface area contributed by atoms with E-state index in [9.17, 15) is 4.79 Å². The lowest BCUT2D eigenvalue weighted by molar-refractivity contribution is -0.115. The quantitative estimate of drug-likeness (QED) is 0.159. The molecule has 0 atom stereocenters. The van der Waals surface area contributed by atoms with Gasteiger partial charge >= 0.3 is 0 Å². The summed E-state index contributed by atoms with van der Waals surface area (Å²) in [4.78, 5) is 15.0. The van der Waals surface area contributed by atoms with Gasteiger partial charge in [0.05, 0.1) is 0 Å². The van der Waals surface area contributed by atoms with Gasteiger partial charge in [-0.25, -0.2) is 0 Å². The third kappa shape index (κ3) is 3.82. The Morgan fingerprint density at radius 3 is 3.00 bits per heavy atom. The summed E-state index contributed by atoms with van der Waals surface area (Å²) in [5.74, 6) is 0.311. The van der Waals surface area contributed by atoms with E-state index in [4.69, 9.17) is 13.1 Å².